The lowest BCUT2D eigenvalue weighted by molar-refractivity contribution is -0.130. The van der Waals surface area contributed by atoms with Crippen molar-refractivity contribution in [1.29, 1.82) is 0 Å². The number of fused-ring (bicyclic) bond motifs is 5. The van der Waals surface area contributed by atoms with Gasteiger partial charge in [-0.3, -0.25) is 9.59 Å². The Morgan fingerprint density at radius 1 is 1.15 bits per heavy atom. The van der Waals surface area contributed by atoms with Crippen LogP contribution in [0.4, 0.5) is 0 Å². The molecule has 144 valence electrons. The maximum absolute atomic E-state index is 12.9. The molecule has 2 unspecified atom stereocenters. The van der Waals surface area contributed by atoms with E-state index in [1.54, 1.807) is 5.57 Å². The number of rotatable bonds is 3. The summed E-state index contributed by atoms with van der Waals surface area (Å²) in [6.07, 6.45) is 10.5. The minimum absolute atomic E-state index is 0.162. The summed E-state index contributed by atoms with van der Waals surface area (Å²) in [5.74, 6) is 2.63. The molecule has 3 nitrogen and oxygen atoms in total. The summed E-state index contributed by atoms with van der Waals surface area (Å²) < 4.78 is 0. The van der Waals surface area contributed by atoms with Crippen LogP contribution >= 0.6 is 0 Å². The molecule has 6 atom stereocenters. The Balaban J connectivity index is 1.61. The summed E-state index contributed by atoms with van der Waals surface area (Å²) in [7, 11) is 0. The average molecular weight is 358 g/mol. The zero-order valence-corrected chi connectivity index (χ0v) is 16.9. The van der Waals surface area contributed by atoms with E-state index < -0.39 is 0 Å². The number of carbonyl (C=O) groups excluding carboxylic acids is 2. The van der Waals surface area contributed by atoms with Crippen LogP contribution in [0.25, 0.3) is 0 Å². The van der Waals surface area contributed by atoms with Gasteiger partial charge in [0, 0.05) is 24.8 Å². The van der Waals surface area contributed by atoms with Crippen LogP contribution in [0.1, 0.15) is 79.1 Å². The fourth-order valence-electron chi connectivity index (χ4n) is 7.05. The third-order valence-electron chi connectivity index (χ3n) is 8.52. The third kappa shape index (κ3) is 2.60. The summed E-state index contributed by atoms with van der Waals surface area (Å²) >= 11 is 0. The van der Waals surface area contributed by atoms with Crippen molar-refractivity contribution in [3.8, 4) is 0 Å². The lowest BCUT2D eigenvalue weighted by Crippen LogP contribution is -2.58. The van der Waals surface area contributed by atoms with Gasteiger partial charge >= 0.3 is 0 Å². The van der Waals surface area contributed by atoms with E-state index in [0.29, 0.717) is 36.0 Å². The van der Waals surface area contributed by atoms with E-state index in [1.165, 1.54) is 19.3 Å². The maximum Gasteiger partial charge on any atom is 0.220 e. The number of hydrogen-bond donors (Lipinski definition) is 1. The number of allylic oxidation sites excluding steroid dienone is 1. The Labute approximate surface area is 158 Å². The van der Waals surface area contributed by atoms with E-state index in [1.807, 2.05) is 0 Å². The average Bonchev–Trinajstić information content (AvgIpc) is 2.92. The molecule has 1 N–H and O–H groups in total. The van der Waals surface area contributed by atoms with Crippen molar-refractivity contribution in [2.45, 2.75) is 85.1 Å². The van der Waals surface area contributed by atoms with Crippen molar-refractivity contribution >= 4 is 11.7 Å². The fourth-order valence-corrected chi connectivity index (χ4v) is 7.05. The summed E-state index contributed by atoms with van der Waals surface area (Å²) in [6.45, 7) is 9.13. The van der Waals surface area contributed by atoms with Crippen molar-refractivity contribution in [1.82, 2.24) is 5.32 Å². The molecule has 0 spiro atoms. The van der Waals surface area contributed by atoms with Gasteiger partial charge in [0.25, 0.3) is 0 Å². The molecule has 3 aliphatic carbocycles. The molecule has 2 saturated carbocycles. The third-order valence-corrected chi connectivity index (χ3v) is 8.52. The summed E-state index contributed by atoms with van der Waals surface area (Å²) in [5, 5.41) is 3.27. The highest BCUT2D eigenvalue weighted by Gasteiger charge is 2.58. The second-order valence-corrected chi connectivity index (χ2v) is 10.4. The van der Waals surface area contributed by atoms with Crippen LogP contribution in [0.5, 0.6) is 0 Å². The first-order chi connectivity index (χ1) is 12.3. The van der Waals surface area contributed by atoms with Gasteiger partial charge in [0.05, 0.1) is 0 Å². The number of ketones is 1. The van der Waals surface area contributed by atoms with E-state index >= 15 is 0 Å². The molecule has 0 radical (unpaired) electrons. The number of Topliss-reactive ketones (excluding diaryl/α,β-unsaturated/α-hetero) is 1. The Bertz CT molecular complexity index is 651. The highest BCUT2D eigenvalue weighted by atomic mass is 16.1. The van der Waals surface area contributed by atoms with Crippen LogP contribution in [-0.2, 0) is 9.59 Å². The van der Waals surface area contributed by atoms with Gasteiger partial charge in [-0.05, 0) is 67.1 Å². The van der Waals surface area contributed by atoms with Crippen molar-refractivity contribution in [3.63, 3.8) is 0 Å². The van der Waals surface area contributed by atoms with Gasteiger partial charge in [-0.1, -0.05) is 39.3 Å². The molecule has 1 saturated heterocycles. The molecule has 0 aromatic rings. The Hall–Kier alpha value is -1.12. The maximum atomic E-state index is 12.9. The lowest BCUT2D eigenvalue weighted by Gasteiger charge is -2.56. The molecule has 3 heteroatoms. The Kier molecular flexibility index (Phi) is 4.36. The molecule has 26 heavy (non-hydrogen) atoms. The largest absolute Gasteiger partial charge is 0.352 e. The highest BCUT2D eigenvalue weighted by Crippen LogP contribution is 2.64. The van der Waals surface area contributed by atoms with Gasteiger partial charge in [0.15, 0.2) is 0 Å². The second kappa shape index (κ2) is 6.21. The molecular formula is C23H35NO2. The van der Waals surface area contributed by atoms with Crippen molar-refractivity contribution in [2.75, 3.05) is 0 Å². The van der Waals surface area contributed by atoms with E-state index in [9.17, 15) is 9.59 Å². The highest BCUT2D eigenvalue weighted by molar-refractivity contribution is 5.82. The van der Waals surface area contributed by atoms with Crippen LogP contribution < -0.4 is 5.32 Å². The van der Waals surface area contributed by atoms with E-state index in [-0.39, 0.29) is 22.7 Å². The molecule has 4 aliphatic rings. The summed E-state index contributed by atoms with van der Waals surface area (Å²) in [4.78, 5) is 24.8. The molecule has 4 rings (SSSR count). The van der Waals surface area contributed by atoms with Crippen LogP contribution in [0.15, 0.2) is 11.6 Å². The summed E-state index contributed by atoms with van der Waals surface area (Å²) in [5.41, 5.74) is 2.02. The van der Waals surface area contributed by atoms with E-state index in [4.69, 9.17) is 0 Å². The number of carbonyl (C=O) groups is 2. The predicted octanol–water partition coefficient (Wildman–Crippen LogP) is 4.66. The van der Waals surface area contributed by atoms with Crippen molar-refractivity contribution in [2.24, 2.45) is 34.5 Å². The molecule has 0 aromatic carbocycles. The SMILES string of the molecule is CC(C)CC(=O)C1CC[C@H]2C3=CCC4NC(=O)CC[C@]4(C)[C@@H]3CC[C@]12C. The second-order valence-electron chi connectivity index (χ2n) is 10.4. The van der Waals surface area contributed by atoms with E-state index in [0.717, 1.165) is 25.7 Å². The molecule has 1 aliphatic heterocycles. The molecule has 1 heterocycles. The summed E-state index contributed by atoms with van der Waals surface area (Å²) in [6, 6.07) is 0.307. The van der Waals surface area contributed by atoms with Crippen LogP contribution in [-0.4, -0.2) is 17.7 Å². The predicted molar refractivity (Wildman–Crippen MR) is 103 cm³/mol. The van der Waals surface area contributed by atoms with Gasteiger partial charge in [0.1, 0.15) is 5.78 Å². The van der Waals surface area contributed by atoms with E-state index in [2.05, 4.69) is 39.1 Å². The van der Waals surface area contributed by atoms with Gasteiger partial charge < -0.3 is 5.32 Å². The van der Waals surface area contributed by atoms with Crippen molar-refractivity contribution < 1.29 is 9.59 Å². The number of hydrogen-bond acceptors (Lipinski definition) is 2. The first-order valence-electron chi connectivity index (χ1n) is 10.8. The quantitative estimate of drug-likeness (QED) is 0.747. The minimum Gasteiger partial charge on any atom is -0.352 e. The zero-order chi connectivity index (χ0) is 18.7. The first kappa shape index (κ1) is 18.3. The standard InChI is InChI=1S/C23H35NO2/c1-14(2)13-19(25)18-7-6-16-15-5-8-20-23(4,12-10-21(26)24-20)17(15)9-11-22(16,18)3/h5,14,16-18,20H,6-13H2,1-4H3,(H,24,26)/t16-,17+,18?,20?,22-,23+/m0/s1. The number of piperidine rings is 1. The topological polar surface area (TPSA) is 46.2 Å². The van der Waals surface area contributed by atoms with Gasteiger partial charge in [-0.2, -0.15) is 0 Å². The molecule has 1 amide bonds. The normalized spacial score (nSPS) is 44.7. The molecule has 0 aromatic heterocycles. The van der Waals surface area contributed by atoms with Crippen LogP contribution in [0.3, 0.4) is 0 Å². The molecular weight excluding hydrogens is 322 g/mol. The first-order valence-corrected chi connectivity index (χ1v) is 10.8. The fraction of sp³-hybridized carbons (Fsp3) is 0.826. The smallest absolute Gasteiger partial charge is 0.220 e. The van der Waals surface area contributed by atoms with Crippen molar-refractivity contribution in [3.05, 3.63) is 11.6 Å². The molecule has 0 bridgehead atoms. The van der Waals surface area contributed by atoms with Gasteiger partial charge in [0.2, 0.25) is 5.91 Å². The lowest BCUT2D eigenvalue weighted by atomic mass is 9.50. The monoisotopic (exact) mass is 357 g/mol. The van der Waals surface area contributed by atoms with Crippen LogP contribution in [0.2, 0.25) is 0 Å². The number of nitrogens with one attached hydrogen (secondary N) is 1. The van der Waals surface area contributed by atoms with Gasteiger partial charge in [-0.15, -0.1) is 0 Å². The Morgan fingerprint density at radius 2 is 1.88 bits per heavy atom. The molecule has 3 fully saturated rings. The van der Waals surface area contributed by atoms with Gasteiger partial charge in [-0.25, -0.2) is 0 Å². The zero-order valence-electron chi connectivity index (χ0n) is 16.9. The number of amides is 1. The minimum atomic E-state index is 0.162. The Morgan fingerprint density at radius 3 is 2.62 bits per heavy atom. The van der Waals surface area contributed by atoms with Crippen LogP contribution in [0, 0.1) is 34.5 Å².